The van der Waals surface area contributed by atoms with Crippen LogP contribution in [0.15, 0.2) is 0 Å². The van der Waals surface area contributed by atoms with Crippen molar-refractivity contribution in [3.63, 3.8) is 0 Å². The third kappa shape index (κ3) is 6.62. The van der Waals surface area contributed by atoms with Crippen LogP contribution in [0.1, 0.15) is 0 Å². The number of rotatable bonds is 5. The monoisotopic (exact) mass is 154 g/mol. The largest absolute Gasteiger partial charge is 0.380 e. The smallest absolute Gasteiger partial charge is 0.0579 e. The van der Waals surface area contributed by atoms with Crippen LogP contribution in [-0.4, -0.2) is 29.3 Å². The van der Waals surface area contributed by atoms with E-state index in [1.165, 1.54) is 0 Å². The van der Waals surface area contributed by atoms with Gasteiger partial charge in [-0.3, -0.25) is 0 Å². The third-order valence-corrected chi connectivity index (χ3v) is 1.09. The van der Waals surface area contributed by atoms with Crippen molar-refractivity contribution in [1.29, 1.82) is 0 Å². The maximum Gasteiger partial charge on any atom is 0.0579 e. The molecule has 0 amide bonds. The predicted molar refractivity (Wildman–Crippen MR) is 39.8 cm³/mol. The Kier molecular flexibility index (Phi) is 8.21. The number of ether oxygens (including phenoxy) is 1. The van der Waals surface area contributed by atoms with Crippen LogP contribution in [0, 0.1) is 0 Å². The lowest BCUT2D eigenvalue weighted by atomic mass is 10.8. The van der Waals surface area contributed by atoms with Gasteiger partial charge in [0.2, 0.25) is 0 Å². The first-order chi connectivity index (χ1) is 3.91. The van der Waals surface area contributed by atoms with Crippen LogP contribution in [0.25, 0.3) is 0 Å². The van der Waals surface area contributed by atoms with Crippen LogP contribution in [0.3, 0.4) is 0 Å². The van der Waals surface area contributed by atoms with Gasteiger partial charge in [-0.15, -0.1) is 0 Å². The number of thiol groups is 1. The normalized spacial score (nSPS) is 9.75. The van der Waals surface area contributed by atoms with E-state index in [1.807, 2.05) is 0 Å². The number of hydrogen-bond donors (Lipinski definition) is 2. The Morgan fingerprint density at radius 3 is 2.75 bits per heavy atom. The molecular weight excluding hydrogens is 144 g/mol. The van der Waals surface area contributed by atoms with E-state index in [4.69, 9.17) is 9.29 Å². The van der Waals surface area contributed by atoms with Gasteiger partial charge in [-0.1, -0.05) is 0 Å². The summed E-state index contributed by atoms with van der Waals surface area (Å²) in [7, 11) is 0. The van der Waals surface area contributed by atoms with E-state index in [-0.39, 0.29) is 0 Å². The van der Waals surface area contributed by atoms with E-state index in [0.717, 1.165) is 17.8 Å². The standard InChI is InChI=1S/C4H10O2S2/c5-8-4-2-6-1-3-7/h5,7H,1-4H2. The van der Waals surface area contributed by atoms with Gasteiger partial charge in [0.05, 0.1) is 13.2 Å². The zero-order valence-corrected chi connectivity index (χ0v) is 6.25. The van der Waals surface area contributed by atoms with Crippen molar-refractivity contribution in [3.8, 4) is 0 Å². The fraction of sp³-hybridized carbons (Fsp3) is 1.00. The first kappa shape index (κ1) is 8.62. The van der Waals surface area contributed by atoms with Crippen LogP contribution < -0.4 is 0 Å². The van der Waals surface area contributed by atoms with Gasteiger partial charge < -0.3 is 9.29 Å². The van der Waals surface area contributed by atoms with Crippen molar-refractivity contribution in [2.75, 3.05) is 24.7 Å². The molecule has 0 saturated carbocycles. The lowest BCUT2D eigenvalue weighted by Crippen LogP contribution is -1.99. The Labute approximate surface area is 59.2 Å². The van der Waals surface area contributed by atoms with Gasteiger partial charge in [-0.05, 0) is 12.0 Å². The van der Waals surface area contributed by atoms with E-state index in [9.17, 15) is 0 Å². The predicted octanol–water partition coefficient (Wildman–Crippen LogP) is 1.14. The molecule has 0 spiro atoms. The summed E-state index contributed by atoms with van der Waals surface area (Å²) in [5.41, 5.74) is 0. The SMILES string of the molecule is OSCCOCCS. The third-order valence-electron chi connectivity index (χ3n) is 0.555. The summed E-state index contributed by atoms with van der Waals surface area (Å²) in [5.74, 6) is 1.39. The van der Waals surface area contributed by atoms with Gasteiger partial charge in [0, 0.05) is 11.5 Å². The highest BCUT2D eigenvalue weighted by Gasteiger charge is 1.83. The molecule has 0 aliphatic carbocycles. The number of hydrogen-bond acceptors (Lipinski definition) is 4. The molecule has 0 aromatic carbocycles. The highest BCUT2D eigenvalue weighted by Crippen LogP contribution is 1.89. The maximum absolute atomic E-state index is 8.18. The quantitative estimate of drug-likeness (QED) is 0.353. The minimum Gasteiger partial charge on any atom is -0.380 e. The molecule has 0 heterocycles. The van der Waals surface area contributed by atoms with E-state index in [2.05, 4.69) is 12.6 Å². The molecule has 0 aromatic heterocycles. The molecule has 0 aliphatic heterocycles. The minimum absolute atomic E-state index is 0.613. The summed E-state index contributed by atoms with van der Waals surface area (Å²) in [5, 5.41) is 0. The average Bonchev–Trinajstić information content (AvgIpc) is 1.81. The molecule has 0 unspecified atom stereocenters. The fourth-order valence-electron chi connectivity index (χ4n) is 0.263. The Morgan fingerprint density at radius 1 is 1.50 bits per heavy atom. The molecule has 8 heavy (non-hydrogen) atoms. The molecule has 0 aliphatic rings. The Bertz CT molecular complexity index is 37.0. The Balaban J connectivity index is 2.53. The van der Waals surface area contributed by atoms with Crippen LogP contribution in [0.4, 0.5) is 0 Å². The molecule has 1 N–H and O–H groups in total. The van der Waals surface area contributed by atoms with Gasteiger partial charge in [-0.25, -0.2) is 0 Å². The van der Waals surface area contributed by atoms with E-state index in [0.29, 0.717) is 19.0 Å². The summed E-state index contributed by atoms with van der Waals surface area (Å²) in [6, 6.07) is 0. The lowest BCUT2D eigenvalue weighted by Gasteiger charge is -1.96. The highest BCUT2D eigenvalue weighted by molar-refractivity contribution is 7.93. The summed E-state index contributed by atoms with van der Waals surface area (Å²) >= 11 is 4.73. The fourth-order valence-corrected chi connectivity index (χ4v) is 0.584. The van der Waals surface area contributed by atoms with Crippen LogP contribution in [0.5, 0.6) is 0 Å². The van der Waals surface area contributed by atoms with E-state index in [1.54, 1.807) is 0 Å². The summed E-state index contributed by atoms with van der Waals surface area (Å²) in [6.07, 6.45) is 0. The summed E-state index contributed by atoms with van der Waals surface area (Å²) in [4.78, 5) is 0. The molecule has 0 rings (SSSR count). The van der Waals surface area contributed by atoms with Gasteiger partial charge in [0.15, 0.2) is 0 Å². The van der Waals surface area contributed by atoms with Gasteiger partial charge in [0.1, 0.15) is 0 Å². The van der Waals surface area contributed by atoms with Crippen molar-refractivity contribution in [2.45, 2.75) is 0 Å². The molecule has 50 valence electrons. The van der Waals surface area contributed by atoms with Gasteiger partial charge in [-0.2, -0.15) is 12.6 Å². The molecule has 0 fully saturated rings. The first-order valence-corrected chi connectivity index (χ1v) is 3.94. The average molecular weight is 154 g/mol. The molecule has 0 saturated heterocycles. The van der Waals surface area contributed by atoms with Crippen LogP contribution in [0.2, 0.25) is 0 Å². The molecule has 4 heteroatoms. The Hall–Kier alpha value is 0.620. The van der Waals surface area contributed by atoms with Crippen molar-refractivity contribution in [3.05, 3.63) is 0 Å². The Morgan fingerprint density at radius 2 is 2.25 bits per heavy atom. The van der Waals surface area contributed by atoms with Crippen molar-refractivity contribution < 1.29 is 9.29 Å². The zero-order chi connectivity index (χ0) is 6.24. The second-order valence-corrected chi connectivity index (χ2v) is 2.28. The second-order valence-electron chi connectivity index (χ2n) is 1.17. The molecule has 0 bridgehead atoms. The second kappa shape index (κ2) is 7.62. The van der Waals surface area contributed by atoms with E-state index < -0.39 is 0 Å². The molecular formula is C4H10O2S2. The summed E-state index contributed by atoms with van der Waals surface area (Å²) < 4.78 is 13.1. The summed E-state index contributed by atoms with van der Waals surface area (Å²) in [6.45, 7) is 1.28. The van der Waals surface area contributed by atoms with Crippen LogP contribution in [-0.2, 0) is 4.74 Å². The molecule has 0 aromatic rings. The van der Waals surface area contributed by atoms with E-state index >= 15 is 0 Å². The molecule has 0 atom stereocenters. The van der Waals surface area contributed by atoms with Crippen molar-refractivity contribution in [2.24, 2.45) is 0 Å². The van der Waals surface area contributed by atoms with Crippen LogP contribution >= 0.6 is 24.7 Å². The zero-order valence-electron chi connectivity index (χ0n) is 4.54. The van der Waals surface area contributed by atoms with Crippen molar-refractivity contribution in [1.82, 2.24) is 0 Å². The molecule has 2 nitrogen and oxygen atoms in total. The topological polar surface area (TPSA) is 29.5 Å². The van der Waals surface area contributed by atoms with Gasteiger partial charge >= 0.3 is 0 Å². The molecule has 0 radical (unpaired) electrons. The first-order valence-electron chi connectivity index (χ1n) is 2.36. The van der Waals surface area contributed by atoms with Gasteiger partial charge in [0.25, 0.3) is 0 Å². The van der Waals surface area contributed by atoms with Crippen molar-refractivity contribution >= 4 is 24.7 Å². The lowest BCUT2D eigenvalue weighted by molar-refractivity contribution is 0.167. The maximum atomic E-state index is 8.18. The highest BCUT2D eigenvalue weighted by atomic mass is 32.2. The minimum atomic E-state index is 0.613.